The van der Waals surface area contributed by atoms with E-state index < -0.39 is 0 Å². The molecule has 1 nitrogen and oxygen atoms in total. The number of nitrogens with zero attached hydrogens (tertiary/aromatic N) is 1. The molecule has 0 aromatic rings. The summed E-state index contributed by atoms with van der Waals surface area (Å²) in [5.41, 5.74) is 0. The van der Waals surface area contributed by atoms with Crippen LogP contribution in [0.3, 0.4) is 0 Å². The van der Waals surface area contributed by atoms with Gasteiger partial charge in [-0.15, -0.1) is 0 Å². The minimum Gasteiger partial charge on any atom is -0.301 e. The molecule has 1 aliphatic rings. The maximum atomic E-state index is 2.63. The summed E-state index contributed by atoms with van der Waals surface area (Å²) in [6.45, 7) is 7.33. The van der Waals surface area contributed by atoms with Crippen molar-refractivity contribution in [2.45, 2.75) is 52.0 Å². The lowest BCUT2D eigenvalue weighted by Crippen LogP contribution is -2.27. The molecule has 0 amide bonds. The van der Waals surface area contributed by atoms with E-state index in [1.165, 1.54) is 45.2 Å². The molecule has 1 atom stereocenters. The SMILES string of the molecule is CCCCCN1CCCC1C. The average molecular weight is 155 g/mol. The molecule has 0 spiro atoms. The third-order valence-electron chi connectivity index (χ3n) is 2.74. The quantitative estimate of drug-likeness (QED) is 0.564. The van der Waals surface area contributed by atoms with Crippen molar-refractivity contribution in [3.8, 4) is 0 Å². The van der Waals surface area contributed by atoms with E-state index in [-0.39, 0.29) is 0 Å². The zero-order chi connectivity index (χ0) is 8.10. The van der Waals surface area contributed by atoms with E-state index in [4.69, 9.17) is 0 Å². The predicted molar refractivity (Wildman–Crippen MR) is 49.8 cm³/mol. The lowest BCUT2D eigenvalue weighted by atomic mass is 10.2. The fraction of sp³-hybridized carbons (Fsp3) is 1.00. The molecular weight excluding hydrogens is 134 g/mol. The summed E-state index contributed by atoms with van der Waals surface area (Å²) in [7, 11) is 0. The van der Waals surface area contributed by atoms with Gasteiger partial charge >= 0.3 is 0 Å². The predicted octanol–water partition coefficient (Wildman–Crippen LogP) is 2.66. The van der Waals surface area contributed by atoms with Crippen molar-refractivity contribution in [2.75, 3.05) is 13.1 Å². The molecule has 0 aromatic carbocycles. The first-order valence-electron chi connectivity index (χ1n) is 5.08. The van der Waals surface area contributed by atoms with E-state index in [0.29, 0.717) is 0 Å². The van der Waals surface area contributed by atoms with Crippen LogP contribution < -0.4 is 0 Å². The topological polar surface area (TPSA) is 3.24 Å². The molecule has 0 bridgehead atoms. The van der Waals surface area contributed by atoms with Crippen LogP contribution in [0, 0.1) is 0 Å². The fourth-order valence-corrected chi connectivity index (χ4v) is 1.89. The van der Waals surface area contributed by atoms with E-state index in [1.54, 1.807) is 0 Å². The summed E-state index contributed by atoms with van der Waals surface area (Å²) >= 11 is 0. The van der Waals surface area contributed by atoms with Gasteiger partial charge in [-0.2, -0.15) is 0 Å². The molecule has 1 saturated heterocycles. The van der Waals surface area contributed by atoms with Gasteiger partial charge in [0.25, 0.3) is 0 Å². The lowest BCUT2D eigenvalue weighted by Gasteiger charge is -2.20. The van der Waals surface area contributed by atoms with Gasteiger partial charge in [0.15, 0.2) is 0 Å². The average Bonchev–Trinajstić information content (AvgIpc) is 2.37. The highest BCUT2D eigenvalue weighted by molar-refractivity contribution is 4.74. The normalized spacial score (nSPS) is 26.2. The molecule has 66 valence electrons. The van der Waals surface area contributed by atoms with Crippen molar-refractivity contribution in [1.82, 2.24) is 4.90 Å². The molecule has 0 saturated carbocycles. The standard InChI is InChI=1S/C10H21N/c1-3-4-5-8-11-9-6-7-10(11)2/h10H,3-9H2,1-2H3. The van der Waals surface area contributed by atoms with Crippen molar-refractivity contribution in [2.24, 2.45) is 0 Å². The molecule has 1 rings (SSSR count). The zero-order valence-corrected chi connectivity index (χ0v) is 7.97. The first-order chi connectivity index (χ1) is 5.34. The van der Waals surface area contributed by atoms with Gasteiger partial charge in [0, 0.05) is 6.04 Å². The summed E-state index contributed by atoms with van der Waals surface area (Å²) < 4.78 is 0. The number of hydrogen-bond acceptors (Lipinski definition) is 1. The summed E-state index contributed by atoms with van der Waals surface area (Å²) in [5, 5.41) is 0. The molecule has 1 heterocycles. The van der Waals surface area contributed by atoms with Crippen LogP contribution in [0.25, 0.3) is 0 Å². The Balaban J connectivity index is 2.05. The molecule has 0 N–H and O–H groups in total. The molecule has 1 fully saturated rings. The Morgan fingerprint density at radius 3 is 2.73 bits per heavy atom. The van der Waals surface area contributed by atoms with Crippen molar-refractivity contribution in [1.29, 1.82) is 0 Å². The third kappa shape index (κ3) is 2.82. The summed E-state index contributed by atoms with van der Waals surface area (Å²) in [5.74, 6) is 0. The third-order valence-corrected chi connectivity index (χ3v) is 2.74. The van der Waals surface area contributed by atoms with Gasteiger partial charge in [-0.3, -0.25) is 0 Å². The maximum Gasteiger partial charge on any atom is 0.00674 e. The first-order valence-corrected chi connectivity index (χ1v) is 5.08. The maximum absolute atomic E-state index is 2.63. The van der Waals surface area contributed by atoms with Crippen LogP contribution in [0.4, 0.5) is 0 Å². The van der Waals surface area contributed by atoms with Crippen LogP contribution in [-0.4, -0.2) is 24.0 Å². The second kappa shape index (κ2) is 4.76. The summed E-state index contributed by atoms with van der Waals surface area (Å²) in [4.78, 5) is 2.63. The van der Waals surface area contributed by atoms with E-state index in [0.717, 1.165) is 6.04 Å². The number of unbranched alkanes of at least 4 members (excludes halogenated alkanes) is 2. The van der Waals surface area contributed by atoms with E-state index in [9.17, 15) is 0 Å². The largest absolute Gasteiger partial charge is 0.301 e. The second-order valence-corrected chi connectivity index (χ2v) is 3.73. The van der Waals surface area contributed by atoms with Gasteiger partial charge in [-0.1, -0.05) is 19.8 Å². The molecule has 0 aliphatic carbocycles. The Kier molecular flexibility index (Phi) is 3.92. The Morgan fingerprint density at radius 1 is 1.36 bits per heavy atom. The van der Waals surface area contributed by atoms with Crippen LogP contribution >= 0.6 is 0 Å². The first kappa shape index (κ1) is 9.05. The van der Waals surface area contributed by atoms with Gasteiger partial charge in [0.1, 0.15) is 0 Å². The van der Waals surface area contributed by atoms with Crippen LogP contribution in [0.5, 0.6) is 0 Å². The minimum atomic E-state index is 0.867. The van der Waals surface area contributed by atoms with Crippen molar-refractivity contribution in [3.05, 3.63) is 0 Å². The lowest BCUT2D eigenvalue weighted by molar-refractivity contribution is 0.263. The van der Waals surface area contributed by atoms with Crippen LogP contribution in [0.1, 0.15) is 46.0 Å². The van der Waals surface area contributed by atoms with E-state index in [2.05, 4.69) is 18.7 Å². The van der Waals surface area contributed by atoms with E-state index in [1.807, 2.05) is 0 Å². The van der Waals surface area contributed by atoms with Crippen molar-refractivity contribution >= 4 is 0 Å². The smallest absolute Gasteiger partial charge is 0.00674 e. The molecular formula is C10H21N. The molecule has 1 heteroatoms. The highest BCUT2D eigenvalue weighted by Gasteiger charge is 2.18. The van der Waals surface area contributed by atoms with Crippen LogP contribution in [0.15, 0.2) is 0 Å². The Labute approximate surface area is 70.8 Å². The molecule has 0 aromatic heterocycles. The monoisotopic (exact) mass is 155 g/mol. The number of hydrogen-bond donors (Lipinski definition) is 0. The number of likely N-dealkylation sites (tertiary alicyclic amines) is 1. The molecule has 0 radical (unpaired) electrons. The van der Waals surface area contributed by atoms with Gasteiger partial charge in [-0.05, 0) is 39.3 Å². The summed E-state index contributed by atoms with van der Waals surface area (Å²) in [6, 6.07) is 0.867. The highest BCUT2D eigenvalue weighted by Crippen LogP contribution is 2.16. The van der Waals surface area contributed by atoms with Crippen LogP contribution in [-0.2, 0) is 0 Å². The fourth-order valence-electron chi connectivity index (χ4n) is 1.89. The highest BCUT2D eigenvalue weighted by atomic mass is 15.2. The Morgan fingerprint density at radius 2 is 2.18 bits per heavy atom. The van der Waals surface area contributed by atoms with Crippen molar-refractivity contribution < 1.29 is 0 Å². The minimum absolute atomic E-state index is 0.867. The second-order valence-electron chi connectivity index (χ2n) is 3.73. The zero-order valence-electron chi connectivity index (χ0n) is 7.97. The van der Waals surface area contributed by atoms with Gasteiger partial charge < -0.3 is 4.90 Å². The van der Waals surface area contributed by atoms with Gasteiger partial charge in [0.2, 0.25) is 0 Å². The Hall–Kier alpha value is -0.0400. The summed E-state index contributed by atoms with van der Waals surface area (Å²) in [6.07, 6.45) is 7.01. The van der Waals surface area contributed by atoms with Gasteiger partial charge in [0.05, 0.1) is 0 Å². The van der Waals surface area contributed by atoms with Crippen molar-refractivity contribution in [3.63, 3.8) is 0 Å². The Bertz CT molecular complexity index is 101. The molecule has 1 aliphatic heterocycles. The van der Waals surface area contributed by atoms with Crippen LogP contribution in [0.2, 0.25) is 0 Å². The molecule has 11 heavy (non-hydrogen) atoms. The van der Waals surface area contributed by atoms with Gasteiger partial charge in [-0.25, -0.2) is 0 Å². The molecule has 1 unspecified atom stereocenters. The van der Waals surface area contributed by atoms with E-state index >= 15 is 0 Å². The number of rotatable bonds is 4.